The molecule has 4 nitrogen and oxygen atoms in total. The summed E-state index contributed by atoms with van der Waals surface area (Å²) in [6, 6.07) is 23.4. The third-order valence-electron chi connectivity index (χ3n) is 4.71. The fourth-order valence-electron chi connectivity index (χ4n) is 3.14. The van der Waals surface area contributed by atoms with E-state index in [0.29, 0.717) is 18.1 Å². The summed E-state index contributed by atoms with van der Waals surface area (Å²) in [5, 5.41) is 0. The Labute approximate surface area is 183 Å². The number of terminal acetylenes is 1. The molecule has 0 aromatic heterocycles. The van der Waals surface area contributed by atoms with Gasteiger partial charge >= 0.3 is 5.97 Å². The third-order valence-corrected chi connectivity index (χ3v) is 4.71. The minimum atomic E-state index is -0.425. The number of carbonyl (C=O) groups excluding carboxylic acids is 1. The van der Waals surface area contributed by atoms with Crippen LogP contribution in [0.5, 0.6) is 11.5 Å². The standard InChI is InChI=1S/C27H24O4/c1-4-21-10-8-9-13-24(21)25(22-11-6-5-7-12-22)16-17-30-23-14-15-26(20(2)18-23)31-19-27(28)29-3/h1,5-16,18H,17,19H2,2-3H3. The zero-order valence-electron chi connectivity index (χ0n) is 17.6. The van der Waals surface area contributed by atoms with Crippen LogP contribution in [0, 0.1) is 19.3 Å². The summed E-state index contributed by atoms with van der Waals surface area (Å²) in [5.74, 6) is 3.66. The number of ether oxygens (including phenoxy) is 3. The predicted molar refractivity (Wildman–Crippen MR) is 122 cm³/mol. The van der Waals surface area contributed by atoms with Crippen LogP contribution in [0.3, 0.4) is 0 Å². The van der Waals surface area contributed by atoms with Crippen molar-refractivity contribution >= 4 is 11.5 Å². The van der Waals surface area contributed by atoms with Crippen LogP contribution in [0.4, 0.5) is 0 Å². The Morgan fingerprint density at radius 3 is 2.45 bits per heavy atom. The van der Waals surface area contributed by atoms with E-state index in [1.165, 1.54) is 7.11 Å². The van der Waals surface area contributed by atoms with E-state index in [-0.39, 0.29) is 6.61 Å². The van der Waals surface area contributed by atoms with Crippen molar-refractivity contribution in [2.45, 2.75) is 6.92 Å². The Morgan fingerprint density at radius 1 is 1.00 bits per heavy atom. The Bertz CT molecular complexity index is 1110. The van der Waals surface area contributed by atoms with Gasteiger partial charge in [0.1, 0.15) is 18.1 Å². The van der Waals surface area contributed by atoms with Crippen molar-refractivity contribution in [1.29, 1.82) is 0 Å². The van der Waals surface area contributed by atoms with Gasteiger partial charge in [-0.15, -0.1) is 6.42 Å². The lowest BCUT2D eigenvalue weighted by atomic mass is 9.94. The minimum Gasteiger partial charge on any atom is -0.489 e. The number of carbonyl (C=O) groups is 1. The van der Waals surface area contributed by atoms with Crippen molar-refractivity contribution in [3.05, 3.63) is 101 Å². The van der Waals surface area contributed by atoms with E-state index in [4.69, 9.17) is 15.9 Å². The molecule has 0 spiro atoms. The molecule has 0 heterocycles. The second-order valence-electron chi connectivity index (χ2n) is 6.78. The van der Waals surface area contributed by atoms with Gasteiger partial charge in [0.2, 0.25) is 0 Å². The van der Waals surface area contributed by atoms with Gasteiger partial charge in [0.05, 0.1) is 7.11 Å². The van der Waals surface area contributed by atoms with Crippen molar-refractivity contribution < 1.29 is 19.0 Å². The molecule has 3 rings (SSSR count). The zero-order chi connectivity index (χ0) is 22.1. The molecule has 3 aromatic rings. The lowest BCUT2D eigenvalue weighted by Crippen LogP contribution is -2.13. The molecule has 0 fully saturated rings. The molecular weight excluding hydrogens is 388 g/mol. The average Bonchev–Trinajstić information content (AvgIpc) is 2.81. The first-order valence-electron chi connectivity index (χ1n) is 9.87. The second-order valence-corrected chi connectivity index (χ2v) is 6.78. The molecule has 0 atom stereocenters. The summed E-state index contributed by atoms with van der Waals surface area (Å²) in [6.07, 6.45) is 7.75. The van der Waals surface area contributed by atoms with Gasteiger partial charge in [-0.25, -0.2) is 4.79 Å². The molecule has 0 aliphatic heterocycles. The fourth-order valence-corrected chi connectivity index (χ4v) is 3.14. The quantitative estimate of drug-likeness (QED) is 0.384. The molecule has 3 aromatic carbocycles. The van der Waals surface area contributed by atoms with E-state index in [9.17, 15) is 4.79 Å². The first-order chi connectivity index (χ1) is 15.1. The van der Waals surface area contributed by atoms with Crippen molar-refractivity contribution in [3.8, 4) is 23.8 Å². The van der Waals surface area contributed by atoms with Crippen LogP contribution in [-0.2, 0) is 9.53 Å². The minimum absolute atomic E-state index is 0.130. The summed E-state index contributed by atoms with van der Waals surface area (Å²) in [5.41, 5.74) is 4.77. The van der Waals surface area contributed by atoms with Crippen molar-refractivity contribution in [2.24, 2.45) is 0 Å². The maximum atomic E-state index is 11.3. The number of hydrogen-bond donors (Lipinski definition) is 0. The van der Waals surface area contributed by atoms with Crippen LogP contribution in [0.2, 0.25) is 0 Å². The van der Waals surface area contributed by atoms with Gasteiger partial charge in [-0.2, -0.15) is 0 Å². The Morgan fingerprint density at radius 2 is 1.74 bits per heavy atom. The van der Waals surface area contributed by atoms with Crippen LogP contribution in [0.15, 0.2) is 78.9 Å². The zero-order valence-corrected chi connectivity index (χ0v) is 17.6. The van der Waals surface area contributed by atoms with Crippen LogP contribution < -0.4 is 9.47 Å². The topological polar surface area (TPSA) is 44.8 Å². The average molecular weight is 412 g/mol. The van der Waals surface area contributed by atoms with E-state index in [2.05, 4.69) is 22.8 Å². The second kappa shape index (κ2) is 10.7. The lowest BCUT2D eigenvalue weighted by Gasteiger charge is -2.13. The highest BCUT2D eigenvalue weighted by Crippen LogP contribution is 2.27. The molecule has 0 N–H and O–H groups in total. The Kier molecular flexibility index (Phi) is 7.50. The van der Waals surface area contributed by atoms with Crippen molar-refractivity contribution in [2.75, 3.05) is 20.3 Å². The Hall–Kier alpha value is -3.97. The van der Waals surface area contributed by atoms with Crippen LogP contribution >= 0.6 is 0 Å². The number of rotatable bonds is 8. The molecule has 0 saturated carbocycles. The smallest absolute Gasteiger partial charge is 0.343 e. The SMILES string of the molecule is C#Cc1ccccc1C(=CCOc1ccc(OCC(=O)OC)c(C)c1)c1ccccc1. The van der Waals surface area contributed by atoms with E-state index >= 15 is 0 Å². The van der Waals surface area contributed by atoms with Crippen LogP contribution in [0.25, 0.3) is 5.57 Å². The van der Waals surface area contributed by atoms with Crippen molar-refractivity contribution in [3.63, 3.8) is 0 Å². The number of hydrogen-bond acceptors (Lipinski definition) is 4. The van der Waals surface area contributed by atoms with E-state index in [1.807, 2.05) is 67.6 Å². The maximum absolute atomic E-state index is 11.3. The number of methoxy groups -OCH3 is 1. The van der Waals surface area contributed by atoms with Crippen LogP contribution in [-0.4, -0.2) is 26.3 Å². The molecular formula is C27H24O4. The first kappa shape index (κ1) is 21.7. The molecule has 0 aliphatic carbocycles. The highest BCUT2D eigenvalue weighted by molar-refractivity contribution is 5.82. The molecule has 4 heteroatoms. The molecule has 0 aliphatic rings. The van der Waals surface area contributed by atoms with Crippen LogP contribution in [0.1, 0.15) is 22.3 Å². The number of esters is 1. The molecule has 0 radical (unpaired) electrons. The third kappa shape index (κ3) is 5.77. The monoisotopic (exact) mass is 412 g/mol. The Balaban J connectivity index is 1.78. The van der Waals surface area contributed by atoms with Gasteiger partial charge in [-0.3, -0.25) is 0 Å². The lowest BCUT2D eigenvalue weighted by molar-refractivity contribution is -0.142. The van der Waals surface area contributed by atoms with Gasteiger partial charge in [0.25, 0.3) is 0 Å². The number of aryl methyl sites for hydroxylation is 1. The highest BCUT2D eigenvalue weighted by atomic mass is 16.6. The van der Waals surface area contributed by atoms with E-state index < -0.39 is 5.97 Å². The highest BCUT2D eigenvalue weighted by Gasteiger charge is 2.09. The normalized spacial score (nSPS) is 10.8. The van der Waals surface area contributed by atoms with Gasteiger partial charge < -0.3 is 14.2 Å². The molecule has 156 valence electrons. The molecule has 0 saturated heterocycles. The van der Waals surface area contributed by atoms with Gasteiger partial charge in [0.15, 0.2) is 6.61 Å². The first-order valence-corrected chi connectivity index (χ1v) is 9.87. The number of benzene rings is 3. The van der Waals surface area contributed by atoms with Gasteiger partial charge in [-0.05, 0) is 59.5 Å². The largest absolute Gasteiger partial charge is 0.489 e. The summed E-state index contributed by atoms with van der Waals surface area (Å²) in [7, 11) is 1.33. The molecule has 31 heavy (non-hydrogen) atoms. The molecule has 0 amide bonds. The molecule has 0 unspecified atom stereocenters. The van der Waals surface area contributed by atoms with E-state index in [1.54, 1.807) is 6.07 Å². The molecule has 0 bridgehead atoms. The summed E-state index contributed by atoms with van der Waals surface area (Å²) < 4.78 is 16.0. The van der Waals surface area contributed by atoms with E-state index in [0.717, 1.165) is 27.8 Å². The maximum Gasteiger partial charge on any atom is 0.343 e. The van der Waals surface area contributed by atoms with Gasteiger partial charge in [0, 0.05) is 5.56 Å². The fraction of sp³-hybridized carbons (Fsp3) is 0.148. The summed E-state index contributed by atoms with van der Waals surface area (Å²) >= 11 is 0. The summed E-state index contributed by atoms with van der Waals surface area (Å²) in [6.45, 7) is 2.13. The van der Waals surface area contributed by atoms with Crippen molar-refractivity contribution in [1.82, 2.24) is 0 Å². The van der Waals surface area contributed by atoms with Gasteiger partial charge in [-0.1, -0.05) is 54.5 Å². The predicted octanol–water partition coefficient (Wildman–Crippen LogP) is 5.04. The summed E-state index contributed by atoms with van der Waals surface area (Å²) in [4.78, 5) is 11.3.